The molecule has 0 saturated heterocycles. The molecule has 2 aromatic rings. The van der Waals surface area contributed by atoms with Crippen molar-refractivity contribution in [1.82, 2.24) is 10.0 Å². The zero-order valence-corrected chi connectivity index (χ0v) is 18.4. The minimum Gasteiger partial charge on any atom is -0.481 e. The zero-order chi connectivity index (χ0) is 21.6. The third-order valence-corrected chi connectivity index (χ3v) is 6.77. The molecule has 2 aromatic carbocycles. The van der Waals surface area contributed by atoms with Gasteiger partial charge in [0.2, 0.25) is 10.0 Å². The van der Waals surface area contributed by atoms with Gasteiger partial charge < -0.3 is 10.1 Å². The summed E-state index contributed by atoms with van der Waals surface area (Å²) in [6.45, 7) is 3.91. The molecule has 0 heterocycles. The summed E-state index contributed by atoms with van der Waals surface area (Å²) in [4.78, 5) is 12.5. The van der Waals surface area contributed by atoms with Crippen molar-refractivity contribution in [3.63, 3.8) is 0 Å². The van der Waals surface area contributed by atoms with Crippen LogP contribution in [-0.2, 0) is 21.4 Å². The Morgan fingerprint density at radius 3 is 2.30 bits per heavy atom. The van der Waals surface area contributed by atoms with Crippen molar-refractivity contribution >= 4 is 15.9 Å². The Hall–Kier alpha value is -2.38. The van der Waals surface area contributed by atoms with Gasteiger partial charge in [-0.25, -0.2) is 13.1 Å². The molecule has 1 fully saturated rings. The first-order valence-electron chi connectivity index (χ1n) is 10.5. The number of ether oxygens (including phenoxy) is 1. The number of nitrogens with one attached hydrogen (secondary N) is 2. The van der Waals surface area contributed by atoms with Gasteiger partial charge in [0.15, 0.2) is 6.10 Å². The van der Waals surface area contributed by atoms with E-state index < -0.39 is 16.1 Å². The van der Waals surface area contributed by atoms with Gasteiger partial charge in [-0.15, -0.1) is 0 Å². The maximum absolute atomic E-state index is 12.5. The molecule has 0 aromatic heterocycles. The fourth-order valence-corrected chi connectivity index (χ4v) is 4.51. The van der Waals surface area contributed by atoms with Crippen molar-refractivity contribution in [2.75, 3.05) is 0 Å². The standard InChI is InChI=1S/C23H30N2O4S/c1-17-8-10-19(11-9-17)16-24-30(27,28)22-14-12-21(13-15-22)29-18(2)23(26)25-20-6-4-3-5-7-20/h8-15,18,20,24H,3-7,16H2,1-2H3,(H,25,26)/t18-/m0/s1. The van der Waals surface area contributed by atoms with E-state index in [4.69, 9.17) is 4.74 Å². The summed E-state index contributed by atoms with van der Waals surface area (Å²) in [5, 5.41) is 3.04. The van der Waals surface area contributed by atoms with E-state index in [0.717, 1.165) is 36.8 Å². The second-order valence-electron chi connectivity index (χ2n) is 7.89. The lowest BCUT2D eigenvalue weighted by Crippen LogP contribution is -2.43. The summed E-state index contributed by atoms with van der Waals surface area (Å²) in [5.41, 5.74) is 2.01. The Morgan fingerprint density at radius 1 is 1.03 bits per heavy atom. The number of carbonyl (C=O) groups is 1. The molecule has 3 rings (SSSR count). The smallest absolute Gasteiger partial charge is 0.260 e. The van der Waals surface area contributed by atoms with Crippen LogP contribution < -0.4 is 14.8 Å². The van der Waals surface area contributed by atoms with E-state index in [1.54, 1.807) is 19.1 Å². The van der Waals surface area contributed by atoms with Crippen LogP contribution in [0.5, 0.6) is 5.75 Å². The van der Waals surface area contributed by atoms with E-state index >= 15 is 0 Å². The molecule has 6 nitrogen and oxygen atoms in total. The number of amides is 1. The topological polar surface area (TPSA) is 84.5 Å². The van der Waals surface area contributed by atoms with E-state index in [2.05, 4.69) is 10.0 Å². The Bertz CT molecular complexity index is 934. The fraction of sp³-hybridized carbons (Fsp3) is 0.435. The second kappa shape index (κ2) is 10.1. The minimum atomic E-state index is -3.63. The van der Waals surface area contributed by atoms with Crippen molar-refractivity contribution in [2.45, 2.75) is 69.5 Å². The molecule has 0 aliphatic heterocycles. The van der Waals surface area contributed by atoms with E-state index in [9.17, 15) is 13.2 Å². The predicted octanol–water partition coefficient (Wildman–Crippen LogP) is 3.69. The summed E-state index contributed by atoms with van der Waals surface area (Å²) in [6.07, 6.45) is 4.91. The number of aryl methyl sites for hydroxylation is 1. The molecule has 1 aliphatic rings. The largest absolute Gasteiger partial charge is 0.481 e. The van der Waals surface area contributed by atoms with Crippen molar-refractivity contribution in [1.29, 1.82) is 0 Å². The summed E-state index contributed by atoms with van der Waals surface area (Å²) < 4.78 is 33.3. The number of sulfonamides is 1. The highest BCUT2D eigenvalue weighted by Gasteiger charge is 2.21. The maximum atomic E-state index is 12.5. The predicted molar refractivity (Wildman–Crippen MR) is 117 cm³/mol. The molecule has 0 spiro atoms. The molecule has 1 aliphatic carbocycles. The quantitative estimate of drug-likeness (QED) is 0.669. The third-order valence-electron chi connectivity index (χ3n) is 5.35. The van der Waals surface area contributed by atoms with Gasteiger partial charge in [-0.1, -0.05) is 49.1 Å². The molecule has 1 amide bonds. The first-order chi connectivity index (χ1) is 14.3. The van der Waals surface area contributed by atoms with Crippen molar-refractivity contribution in [2.24, 2.45) is 0 Å². The van der Waals surface area contributed by atoms with E-state index in [-0.39, 0.29) is 23.4 Å². The number of carbonyl (C=O) groups excluding carboxylic acids is 1. The average Bonchev–Trinajstić information content (AvgIpc) is 2.74. The number of hydrogen-bond donors (Lipinski definition) is 2. The lowest BCUT2D eigenvalue weighted by Gasteiger charge is -2.24. The van der Waals surface area contributed by atoms with Crippen LogP contribution in [0.1, 0.15) is 50.2 Å². The molecule has 0 radical (unpaired) electrons. The Kier molecular flexibility index (Phi) is 7.50. The van der Waals surface area contributed by atoms with Gasteiger partial charge in [-0.3, -0.25) is 4.79 Å². The van der Waals surface area contributed by atoms with Gasteiger partial charge in [-0.05, 0) is 56.5 Å². The van der Waals surface area contributed by atoms with Crippen LogP contribution in [-0.4, -0.2) is 26.5 Å². The number of hydrogen-bond acceptors (Lipinski definition) is 4. The molecule has 162 valence electrons. The van der Waals surface area contributed by atoms with Crippen LogP contribution >= 0.6 is 0 Å². The molecule has 1 saturated carbocycles. The highest BCUT2D eigenvalue weighted by atomic mass is 32.2. The normalized spacial score (nSPS) is 16.1. The third kappa shape index (κ3) is 6.31. The minimum absolute atomic E-state index is 0.140. The highest BCUT2D eigenvalue weighted by Crippen LogP contribution is 2.19. The number of rotatable bonds is 8. The van der Waals surface area contributed by atoms with Crippen molar-refractivity contribution in [3.8, 4) is 5.75 Å². The Morgan fingerprint density at radius 2 is 1.67 bits per heavy atom. The highest BCUT2D eigenvalue weighted by molar-refractivity contribution is 7.89. The van der Waals surface area contributed by atoms with Gasteiger partial charge in [0.25, 0.3) is 5.91 Å². The molecule has 1 atom stereocenters. The summed E-state index contributed by atoms with van der Waals surface area (Å²) >= 11 is 0. The van der Waals surface area contributed by atoms with E-state index in [1.807, 2.05) is 31.2 Å². The first kappa shape index (κ1) is 22.3. The molecule has 30 heavy (non-hydrogen) atoms. The lowest BCUT2D eigenvalue weighted by atomic mass is 9.95. The Balaban J connectivity index is 1.54. The fourth-order valence-electron chi connectivity index (χ4n) is 3.49. The zero-order valence-electron chi connectivity index (χ0n) is 17.6. The molecule has 0 unspecified atom stereocenters. The van der Waals surface area contributed by atoms with Gasteiger partial charge in [0.05, 0.1) is 4.90 Å². The monoisotopic (exact) mass is 430 g/mol. The molecular weight excluding hydrogens is 400 g/mol. The summed E-state index contributed by atoms with van der Waals surface area (Å²) in [5.74, 6) is 0.317. The van der Waals surface area contributed by atoms with Gasteiger partial charge in [0, 0.05) is 12.6 Å². The van der Waals surface area contributed by atoms with Crippen LogP contribution in [0, 0.1) is 6.92 Å². The first-order valence-corrected chi connectivity index (χ1v) is 11.9. The second-order valence-corrected chi connectivity index (χ2v) is 9.65. The molecule has 0 bridgehead atoms. The van der Waals surface area contributed by atoms with Crippen LogP contribution in [0.25, 0.3) is 0 Å². The van der Waals surface area contributed by atoms with Crippen LogP contribution in [0.15, 0.2) is 53.4 Å². The molecule has 7 heteroatoms. The number of benzene rings is 2. The van der Waals surface area contributed by atoms with Gasteiger partial charge in [0.1, 0.15) is 5.75 Å². The molecule has 2 N–H and O–H groups in total. The van der Waals surface area contributed by atoms with Crippen molar-refractivity contribution in [3.05, 3.63) is 59.7 Å². The van der Waals surface area contributed by atoms with Gasteiger partial charge in [-0.2, -0.15) is 0 Å². The maximum Gasteiger partial charge on any atom is 0.260 e. The average molecular weight is 431 g/mol. The van der Waals surface area contributed by atoms with Crippen LogP contribution in [0.4, 0.5) is 0 Å². The summed E-state index contributed by atoms with van der Waals surface area (Å²) in [7, 11) is -3.63. The van der Waals surface area contributed by atoms with Gasteiger partial charge >= 0.3 is 0 Å². The molecular formula is C23H30N2O4S. The Labute approximate surface area is 179 Å². The van der Waals surface area contributed by atoms with Crippen LogP contribution in [0.2, 0.25) is 0 Å². The van der Waals surface area contributed by atoms with Crippen LogP contribution in [0.3, 0.4) is 0 Å². The lowest BCUT2D eigenvalue weighted by molar-refractivity contribution is -0.128. The van der Waals surface area contributed by atoms with Crippen molar-refractivity contribution < 1.29 is 17.9 Å². The SMILES string of the molecule is Cc1ccc(CNS(=O)(=O)c2ccc(O[C@@H](C)C(=O)NC3CCCCC3)cc2)cc1. The van der Waals surface area contributed by atoms with E-state index in [0.29, 0.717) is 5.75 Å². The summed E-state index contributed by atoms with van der Waals surface area (Å²) in [6, 6.07) is 14.0. The van der Waals surface area contributed by atoms with E-state index in [1.165, 1.54) is 18.6 Å².